The Bertz CT molecular complexity index is 826. The molecule has 4 heteroatoms. The fourth-order valence-electron chi connectivity index (χ4n) is 2.55. The van der Waals surface area contributed by atoms with E-state index in [4.69, 9.17) is 9.47 Å². The Hall–Kier alpha value is -2.88. The molecule has 0 aromatic heterocycles. The van der Waals surface area contributed by atoms with Crippen LogP contribution < -0.4 is 4.74 Å². The minimum Gasteiger partial charge on any atom is -0.497 e. The number of esters is 1. The molecular weight excluding hydrogens is 340 g/mol. The lowest BCUT2D eigenvalue weighted by Gasteiger charge is -2.19. The van der Waals surface area contributed by atoms with Crippen LogP contribution in [0.25, 0.3) is 6.08 Å². The van der Waals surface area contributed by atoms with Crippen LogP contribution >= 0.6 is 0 Å². The summed E-state index contributed by atoms with van der Waals surface area (Å²) in [6.45, 7) is 7.92. The van der Waals surface area contributed by atoms with E-state index in [-0.39, 0.29) is 11.2 Å². The van der Waals surface area contributed by atoms with Crippen LogP contribution in [0.1, 0.15) is 49.2 Å². The van der Waals surface area contributed by atoms with Gasteiger partial charge in [0.05, 0.1) is 7.11 Å². The molecule has 0 aliphatic carbocycles. The van der Waals surface area contributed by atoms with Gasteiger partial charge in [0.1, 0.15) is 5.75 Å². The van der Waals surface area contributed by atoms with Gasteiger partial charge in [-0.3, -0.25) is 4.79 Å². The van der Waals surface area contributed by atoms with Crippen molar-refractivity contribution in [3.63, 3.8) is 0 Å². The number of benzene rings is 2. The summed E-state index contributed by atoms with van der Waals surface area (Å²) in [5.41, 5.74) is 2.50. The van der Waals surface area contributed by atoms with Gasteiger partial charge in [0.15, 0.2) is 6.10 Å². The fourth-order valence-corrected chi connectivity index (χ4v) is 2.55. The number of ketones is 1. The van der Waals surface area contributed by atoms with Crippen LogP contribution in [-0.2, 0) is 14.9 Å². The SMILES string of the molecule is COc1cccc(/C=C/C(=O)O[C@@H](C)C(=O)c2ccc(C(C)(C)C)cc2)c1. The zero-order chi connectivity index (χ0) is 20.0. The van der Waals surface area contributed by atoms with Crippen LogP contribution in [0, 0.1) is 0 Å². The Morgan fingerprint density at radius 2 is 1.70 bits per heavy atom. The highest BCUT2D eigenvalue weighted by Crippen LogP contribution is 2.22. The molecule has 0 aliphatic heterocycles. The highest BCUT2D eigenvalue weighted by Gasteiger charge is 2.20. The van der Waals surface area contributed by atoms with Gasteiger partial charge in [-0.1, -0.05) is 57.2 Å². The molecule has 0 N–H and O–H groups in total. The fraction of sp³-hybridized carbons (Fsp3) is 0.304. The van der Waals surface area contributed by atoms with Crippen molar-refractivity contribution >= 4 is 17.8 Å². The van der Waals surface area contributed by atoms with Crippen LogP contribution in [0.5, 0.6) is 5.75 Å². The summed E-state index contributed by atoms with van der Waals surface area (Å²) in [4.78, 5) is 24.5. The minimum atomic E-state index is -0.854. The van der Waals surface area contributed by atoms with E-state index >= 15 is 0 Å². The van der Waals surface area contributed by atoms with Crippen molar-refractivity contribution in [2.75, 3.05) is 7.11 Å². The van der Waals surface area contributed by atoms with Crippen LogP contribution in [0.3, 0.4) is 0 Å². The number of hydrogen-bond acceptors (Lipinski definition) is 4. The largest absolute Gasteiger partial charge is 0.497 e. The third-order valence-electron chi connectivity index (χ3n) is 4.20. The third kappa shape index (κ3) is 5.81. The van der Waals surface area contributed by atoms with Gasteiger partial charge in [-0.05, 0) is 41.7 Å². The van der Waals surface area contributed by atoms with Crippen molar-refractivity contribution in [1.82, 2.24) is 0 Å². The van der Waals surface area contributed by atoms with Gasteiger partial charge in [-0.25, -0.2) is 4.79 Å². The van der Waals surface area contributed by atoms with E-state index in [1.807, 2.05) is 30.3 Å². The number of Topliss-reactive ketones (excluding diaryl/α,β-unsaturated/α-hetero) is 1. The molecule has 0 spiro atoms. The van der Waals surface area contributed by atoms with Crippen molar-refractivity contribution in [3.05, 3.63) is 71.3 Å². The second-order valence-electron chi connectivity index (χ2n) is 7.38. The molecule has 2 aromatic carbocycles. The van der Waals surface area contributed by atoms with E-state index in [0.29, 0.717) is 11.3 Å². The highest BCUT2D eigenvalue weighted by molar-refractivity contribution is 6.01. The maximum absolute atomic E-state index is 12.5. The van der Waals surface area contributed by atoms with Gasteiger partial charge >= 0.3 is 5.97 Å². The first-order valence-corrected chi connectivity index (χ1v) is 8.88. The van der Waals surface area contributed by atoms with Crippen LogP contribution in [0.15, 0.2) is 54.6 Å². The predicted molar refractivity (Wildman–Crippen MR) is 107 cm³/mol. The maximum atomic E-state index is 12.5. The molecule has 0 bridgehead atoms. The van der Waals surface area contributed by atoms with Crippen molar-refractivity contribution in [2.45, 2.75) is 39.2 Å². The molecule has 0 aliphatic rings. The lowest BCUT2D eigenvalue weighted by Crippen LogP contribution is -2.23. The molecule has 0 unspecified atom stereocenters. The molecule has 1 atom stereocenters. The molecule has 0 heterocycles. The molecule has 0 saturated heterocycles. The van der Waals surface area contributed by atoms with Crippen LogP contribution in [-0.4, -0.2) is 25.0 Å². The molecule has 0 saturated carbocycles. The number of hydrogen-bond donors (Lipinski definition) is 0. The molecular formula is C23H26O4. The molecule has 4 nitrogen and oxygen atoms in total. The van der Waals surface area contributed by atoms with E-state index < -0.39 is 12.1 Å². The average molecular weight is 366 g/mol. The summed E-state index contributed by atoms with van der Waals surface area (Å²) in [5.74, 6) is -0.0867. The second kappa shape index (κ2) is 8.67. The van der Waals surface area contributed by atoms with Crippen molar-refractivity contribution in [1.29, 1.82) is 0 Å². The average Bonchev–Trinajstić information content (AvgIpc) is 2.65. The Morgan fingerprint density at radius 1 is 1.04 bits per heavy atom. The number of methoxy groups -OCH3 is 1. The maximum Gasteiger partial charge on any atom is 0.331 e. The van der Waals surface area contributed by atoms with Gasteiger partial charge in [-0.2, -0.15) is 0 Å². The Kier molecular flexibility index (Phi) is 6.56. The van der Waals surface area contributed by atoms with Gasteiger partial charge in [0.2, 0.25) is 5.78 Å². The topological polar surface area (TPSA) is 52.6 Å². The lowest BCUT2D eigenvalue weighted by molar-refractivity contribution is -0.140. The molecule has 0 amide bonds. The van der Waals surface area contributed by atoms with Crippen molar-refractivity contribution in [2.24, 2.45) is 0 Å². The zero-order valence-electron chi connectivity index (χ0n) is 16.5. The predicted octanol–water partition coefficient (Wildman–Crippen LogP) is 4.82. The molecule has 0 fully saturated rings. The standard InChI is InChI=1S/C23H26O4/c1-16(22(25)18-10-12-19(13-11-18)23(2,3)4)27-21(24)14-9-17-7-6-8-20(15-17)26-5/h6-16H,1-5H3/b14-9+/t16-/m0/s1. The zero-order valence-corrected chi connectivity index (χ0v) is 16.5. The number of rotatable bonds is 6. The highest BCUT2D eigenvalue weighted by atomic mass is 16.5. The van der Waals surface area contributed by atoms with E-state index in [0.717, 1.165) is 11.1 Å². The normalized spacial score (nSPS) is 12.6. The quantitative estimate of drug-likeness (QED) is 0.418. The minimum absolute atomic E-state index is 0.0184. The summed E-state index contributed by atoms with van der Waals surface area (Å²) in [7, 11) is 1.58. The summed E-state index contributed by atoms with van der Waals surface area (Å²) < 4.78 is 10.4. The molecule has 2 rings (SSSR count). The second-order valence-corrected chi connectivity index (χ2v) is 7.38. The molecule has 27 heavy (non-hydrogen) atoms. The first-order chi connectivity index (χ1) is 12.7. The molecule has 0 radical (unpaired) electrons. The van der Waals surface area contributed by atoms with Gasteiger partial charge in [-0.15, -0.1) is 0 Å². The molecule has 2 aromatic rings. The van der Waals surface area contributed by atoms with Crippen molar-refractivity contribution in [3.8, 4) is 5.75 Å². The summed E-state index contributed by atoms with van der Waals surface area (Å²) in [5, 5.41) is 0. The summed E-state index contributed by atoms with van der Waals surface area (Å²) in [6.07, 6.45) is 2.08. The first-order valence-electron chi connectivity index (χ1n) is 8.88. The van der Waals surface area contributed by atoms with Crippen LogP contribution in [0.4, 0.5) is 0 Å². The summed E-state index contributed by atoms with van der Waals surface area (Å²) >= 11 is 0. The first kappa shape index (κ1) is 20.4. The molecule has 142 valence electrons. The summed E-state index contributed by atoms with van der Waals surface area (Å²) in [6, 6.07) is 14.7. The third-order valence-corrected chi connectivity index (χ3v) is 4.20. The Balaban J connectivity index is 1.98. The van der Waals surface area contributed by atoms with Crippen molar-refractivity contribution < 1.29 is 19.1 Å². The monoisotopic (exact) mass is 366 g/mol. The van der Waals surface area contributed by atoms with E-state index in [2.05, 4.69) is 20.8 Å². The number of carbonyl (C=O) groups excluding carboxylic acids is 2. The Morgan fingerprint density at radius 3 is 2.30 bits per heavy atom. The number of carbonyl (C=O) groups is 2. The van der Waals surface area contributed by atoms with E-state index in [1.54, 1.807) is 38.3 Å². The number of ether oxygens (including phenoxy) is 2. The lowest BCUT2D eigenvalue weighted by atomic mass is 9.86. The van der Waals surface area contributed by atoms with Gasteiger partial charge in [0.25, 0.3) is 0 Å². The Labute approximate surface area is 160 Å². The smallest absolute Gasteiger partial charge is 0.331 e. The van der Waals surface area contributed by atoms with E-state index in [1.165, 1.54) is 6.08 Å². The van der Waals surface area contributed by atoms with Crippen LogP contribution in [0.2, 0.25) is 0 Å². The van der Waals surface area contributed by atoms with E-state index in [9.17, 15) is 9.59 Å². The van der Waals surface area contributed by atoms with Gasteiger partial charge < -0.3 is 9.47 Å². The van der Waals surface area contributed by atoms with Gasteiger partial charge in [0, 0.05) is 11.6 Å².